The highest BCUT2D eigenvalue weighted by Gasteiger charge is 2.38. The van der Waals surface area contributed by atoms with Crippen molar-refractivity contribution in [2.45, 2.75) is 18.1 Å². The van der Waals surface area contributed by atoms with E-state index in [0.29, 0.717) is 17.5 Å². The first-order valence-electron chi connectivity index (χ1n) is 7.80. The fourth-order valence-corrected chi connectivity index (χ4v) is 4.06. The van der Waals surface area contributed by atoms with Gasteiger partial charge in [0, 0.05) is 17.2 Å². The van der Waals surface area contributed by atoms with Crippen LogP contribution < -0.4 is 0 Å². The number of rotatable bonds is 6. The number of fused-ring (bicyclic) bond motifs is 1. The van der Waals surface area contributed by atoms with E-state index in [-0.39, 0.29) is 13.0 Å². The largest absolute Gasteiger partial charge is 0.273 e. The van der Waals surface area contributed by atoms with Gasteiger partial charge in [-0.15, -0.1) is 0 Å². The molecule has 0 radical (unpaired) electrons. The normalized spacial score (nSPS) is 15.3. The molecular formula is C18H16ClNO4S. The molecule has 0 saturated heterocycles. The summed E-state index contributed by atoms with van der Waals surface area (Å²) in [6, 6.07) is 15.8. The summed E-state index contributed by atoms with van der Waals surface area (Å²) in [5, 5.41) is -1.02. The van der Waals surface area contributed by atoms with Crippen LogP contribution in [0.15, 0.2) is 54.6 Å². The highest BCUT2D eigenvalue weighted by atomic mass is 35.7. The molecule has 3 rings (SSSR count). The van der Waals surface area contributed by atoms with Gasteiger partial charge < -0.3 is 0 Å². The van der Waals surface area contributed by atoms with E-state index < -0.39 is 26.1 Å². The van der Waals surface area contributed by atoms with Crippen LogP contribution in [0.4, 0.5) is 0 Å². The summed E-state index contributed by atoms with van der Waals surface area (Å²) in [5.74, 6) is -0.962. The number of halogens is 1. The quantitative estimate of drug-likeness (QED) is 0.573. The molecule has 1 unspecified atom stereocenters. The lowest BCUT2D eigenvalue weighted by atomic mass is 10.1. The number of hydrogen-bond donors (Lipinski definition) is 0. The summed E-state index contributed by atoms with van der Waals surface area (Å²) >= 11 is 0. The van der Waals surface area contributed by atoms with E-state index in [2.05, 4.69) is 0 Å². The fourth-order valence-electron chi connectivity index (χ4n) is 2.90. The van der Waals surface area contributed by atoms with Crippen LogP contribution in [0.1, 0.15) is 32.7 Å². The second-order valence-electron chi connectivity index (χ2n) is 5.89. The number of carbonyl (C=O) groups is 2. The van der Waals surface area contributed by atoms with Crippen molar-refractivity contribution in [3.05, 3.63) is 71.3 Å². The van der Waals surface area contributed by atoms with Gasteiger partial charge >= 0.3 is 0 Å². The van der Waals surface area contributed by atoms with Gasteiger partial charge in [-0.3, -0.25) is 14.5 Å². The first-order valence-corrected chi connectivity index (χ1v) is 10.2. The van der Waals surface area contributed by atoms with Gasteiger partial charge in [-0.25, -0.2) is 8.42 Å². The molecular weight excluding hydrogens is 362 g/mol. The Kier molecular flexibility index (Phi) is 4.92. The Labute approximate surface area is 150 Å². The monoisotopic (exact) mass is 377 g/mol. The van der Waals surface area contributed by atoms with Crippen LogP contribution >= 0.6 is 10.7 Å². The molecule has 1 aliphatic rings. The van der Waals surface area contributed by atoms with E-state index in [1.54, 1.807) is 24.3 Å². The number of carbonyl (C=O) groups excluding carboxylic acids is 2. The minimum Gasteiger partial charge on any atom is -0.273 e. The summed E-state index contributed by atoms with van der Waals surface area (Å²) in [6.45, 7) is -0.245. The lowest BCUT2D eigenvalue weighted by Crippen LogP contribution is -2.39. The van der Waals surface area contributed by atoms with Crippen LogP contribution in [0.2, 0.25) is 0 Å². The molecule has 0 aliphatic carbocycles. The van der Waals surface area contributed by atoms with Crippen LogP contribution in [0, 0.1) is 0 Å². The molecule has 0 aromatic heterocycles. The maximum absolute atomic E-state index is 12.4. The number of hydrogen-bond acceptors (Lipinski definition) is 4. The Hall–Kier alpha value is -2.18. The van der Waals surface area contributed by atoms with Gasteiger partial charge in [0.05, 0.1) is 16.4 Å². The van der Waals surface area contributed by atoms with E-state index >= 15 is 0 Å². The first kappa shape index (κ1) is 17.6. The second kappa shape index (κ2) is 6.98. The summed E-state index contributed by atoms with van der Waals surface area (Å²) in [6.07, 6.45) is 0.712. The SMILES string of the molecule is O=C1c2ccccc2C(=O)N1CC(CCc1ccccc1)S(=O)(=O)Cl. The minimum atomic E-state index is -3.93. The molecule has 5 nitrogen and oxygen atoms in total. The minimum absolute atomic E-state index is 0.225. The third-order valence-electron chi connectivity index (χ3n) is 4.26. The Morgan fingerprint density at radius 1 is 0.880 bits per heavy atom. The average Bonchev–Trinajstić information content (AvgIpc) is 2.83. The van der Waals surface area contributed by atoms with Gasteiger partial charge in [0.15, 0.2) is 0 Å². The molecule has 25 heavy (non-hydrogen) atoms. The van der Waals surface area contributed by atoms with E-state index in [1.165, 1.54) is 0 Å². The standard InChI is InChI=1S/C18H16ClNO4S/c19-25(23,24)14(11-10-13-6-2-1-3-7-13)12-20-17(21)15-8-4-5-9-16(15)18(20)22/h1-9,14H,10-12H2. The third kappa shape index (κ3) is 3.75. The lowest BCUT2D eigenvalue weighted by Gasteiger charge is -2.20. The zero-order chi connectivity index (χ0) is 18.0. The highest BCUT2D eigenvalue weighted by Crippen LogP contribution is 2.25. The van der Waals surface area contributed by atoms with Crippen molar-refractivity contribution in [2.24, 2.45) is 0 Å². The van der Waals surface area contributed by atoms with E-state index in [9.17, 15) is 18.0 Å². The topological polar surface area (TPSA) is 71.5 Å². The predicted octanol–water partition coefficient (Wildman–Crippen LogP) is 2.85. The van der Waals surface area contributed by atoms with Gasteiger partial charge in [-0.1, -0.05) is 42.5 Å². The van der Waals surface area contributed by atoms with Crippen molar-refractivity contribution in [3.8, 4) is 0 Å². The number of benzene rings is 2. The maximum Gasteiger partial charge on any atom is 0.261 e. The highest BCUT2D eigenvalue weighted by molar-refractivity contribution is 8.14. The van der Waals surface area contributed by atoms with Crippen molar-refractivity contribution in [1.82, 2.24) is 4.90 Å². The number of amides is 2. The molecule has 2 aromatic rings. The molecule has 1 aliphatic heterocycles. The molecule has 2 aromatic carbocycles. The molecule has 0 fully saturated rings. The molecule has 7 heteroatoms. The van der Waals surface area contributed by atoms with E-state index in [0.717, 1.165) is 10.5 Å². The second-order valence-corrected chi connectivity index (χ2v) is 8.80. The van der Waals surface area contributed by atoms with Crippen molar-refractivity contribution in [1.29, 1.82) is 0 Å². The van der Waals surface area contributed by atoms with Crippen LogP contribution in [0.25, 0.3) is 0 Å². The maximum atomic E-state index is 12.4. The van der Waals surface area contributed by atoms with Gasteiger partial charge in [0.25, 0.3) is 11.8 Å². The molecule has 2 amide bonds. The molecule has 0 saturated carbocycles. The molecule has 0 spiro atoms. The van der Waals surface area contributed by atoms with E-state index in [1.807, 2.05) is 30.3 Å². The molecule has 1 heterocycles. The van der Waals surface area contributed by atoms with Crippen LogP contribution in [-0.4, -0.2) is 36.9 Å². The third-order valence-corrected chi connectivity index (χ3v) is 6.20. The predicted molar refractivity (Wildman–Crippen MR) is 95.1 cm³/mol. The van der Waals surface area contributed by atoms with Crippen LogP contribution in [0.3, 0.4) is 0 Å². The van der Waals surface area contributed by atoms with Crippen molar-refractivity contribution in [3.63, 3.8) is 0 Å². The van der Waals surface area contributed by atoms with Crippen molar-refractivity contribution < 1.29 is 18.0 Å². The smallest absolute Gasteiger partial charge is 0.261 e. The Bertz CT molecular complexity index is 877. The Morgan fingerprint density at radius 3 is 1.92 bits per heavy atom. The van der Waals surface area contributed by atoms with Gasteiger partial charge in [0.2, 0.25) is 9.05 Å². The summed E-state index contributed by atoms with van der Waals surface area (Å²) < 4.78 is 23.9. The van der Waals surface area contributed by atoms with Gasteiger partial charge in [-0.2, -0.15) is 0 Å². The summed E-state index contributed by atoms with van der Waals surface area (Å²) in [4.78, 5) is 25.8. The average molecular weight is 378 g/mol. The van der Waals surface area contributed by atoms with Crippen LogP contribution in [-0.2, 0) is 15.5 Å². The van der Waals surface area contributed by atoms with E-state index in [4.69, 9.17) is 10.7 Å². The summed E-state index contributed by atoms with van der Waals surface area (Å²) in [7, 11) is 1.64. The molecule has 0 bridgehead atoms. The van der Waals surface area contributed by atoms with Crippen molar-refractivity contribution >= 4 is 31.5 Å². The zero-order valence-electron chi connectivity index (χ0n) is 13.3. The molecule has 1 atom stereocenters. The van der Waals surface area contributed by atoms with Crippen molar-refractivity contribution in [2.75, 3.05) is 6.54 Å². The first-order chi connectivity index (χ1) is 11.9. The Balaban J connectivity index is 1.78. The number of aryl methyl sites for hydroxylation is 1. The van der Waals surface area contributed by atoms with Gasteiger partial charge in [-0.05, 0) is 30.5 Å². The van der Waals surface area contributed by atoms with Gasteiger partial charge in [0.1, 0.15) is 0 Å². The number of imide groups is 1. The number of nitrogens with zero attached hydrogens (tertiary/aromatic N) is 1. The lowest BCUT2D eigenvalue weighted by molar-refractivity contribution is 0.0653. The Morgan fingerprint density at radius 2 is 1.40 bits per heavy atom. The van der Waals surface area contributed by atoms with Crippen LogP contribution in [0.5, 0.6) is 0 Å². The molecule has 0 N–H and O–H groups in total. The summed E-state index contributed by atoms with van der Waals surface area (Å²) in [5.41, 5.74) is 1.55. The zero-order valence-corrected chi connectivity index (χ0v) is 14.8. The molecule has 130 valence electrons. The fraction of sp³-hybridized carbons (Fsp3) is 0.222.